The van der Waals surface area contributed by atoms with Gasteiger partial charge in [0.15, 0.2) is 0 Å². The lowest BCUT2D eigenvalue weighted by molar-refractivity contribution is -0.0288. The maximum absolute atomic E-state index is 13.4. The molecule has 0 aliphatic heterocycles. The number of nitrogens with one attached hydrogen (secondary N) is 1. The summed E-state index contributed by atoms with van der Waals surface area (Å²) < 4.78 is 52.7. The van der Waals surface area contributed by atoms with Crippen LogP contribution in [0.3, 0.4) is 0 Å². The second-order valence-corrected chi connectivity index (χ2v) is 7.99. The van der Waals surface area contributed by atoms with Gasteiger partial charge < -0.3 is 0 Å². The Hall–Kier alpha value is -0.600. The second-order valence-electron chi connectivity index (χ2n) is 4.82. The summed E-state index contributed by atoms with van der Waals surface area (Å²) in [5.74, 6) is -4.43. The van der Waals surface area contributed by atoms with Gasteiger partial charge in [-0.1, -0.05) is 0 Å². The van der Waals surface area contributed by atoms with Crippen LogP contribution >= 0.6 is 11.3 Å². The van der Waals surface area contributed by atoms with Crippen molar-refractivity contribution in [3.05, 3.63) is 16.1 Å². The third kappa shape index (κ3) is 3.93. The third-order valence-corrected chi connectivity index (χ3v) is 5.53. The molecule has 1 atom stereocenters. The highest BCUT2D eigenvalue weighted by molar-refractivity contribution is 7.89. The van der Waals surface area contributed by atoms with Crippen molar-refractivity contribution in [1.29, 1.82) is 0 Å². The van der Waals surface area contributed by atoms with Crippen LogP contribution in [0.2, 0.25) is 0 Å². The number of hydrogen-bond acceptors (Lipinski definition) is 4. The first-order chi connectivity index (χ1) is 8.78. The third-order valence-electron chi connectivity index (χ3n) is 3.19. The van der Waals surface area contributed by atoms with Gasteiger partial charge in [0, 0.05) is 23.4 Å². The molecule has 1 N–H and O–H groups in total. The van der Waals surface area contributed by atoms with E-state index in [0.717, 1.165) is 4.88 Å². The Kier molecular flexibility index (Phi) is 4.22. The van der Waals surface area contributed by atoms with Crippen molar-refractivity contribution in [2.75, 3.05) is 5.75 Å². The predicted molar refractivity (Wildman–Crippen MR) is 69.8 cm³/mol. The summed E-state index contributed by atoms with van der Waals surface area (Å²) in [5.41, 5.74) is 0. The molecule has 0 amide bonds. The lowest BCUT2D eigenvalue weighted by Crippen LogP contribution is -2.34. The van der Waals surface area contributed by atoms with E-state index in [1.54, 1.807) is 6.20 Å². The molecular weight excluding hydrogens is 294 g/mol. The van der Waals surface area contributed by atoms with Crippen molar-refractivity contribution in [3.63, 3.8) is 0 Å². The van der Waals surface area contributed by atoms with Crippen molar-refractivity contribution in [1.82, 2.24) is 9.71 Å². The maximum atomic E-state index is 13.4. The number of rotatable bonds is 5. The molecule has 8 heteroatoms. The second kappa shape index (κ2) is 5.41. The first-order valence-corrected chi connectivity index (χ1v) is 8.52. The van der Waals surface area contributed by atoms with E-state index in [1.807, 2.05) is 6.92 Å². The quantitative estimate of drug-likeness (QED) is 0.908. The van der Waals surface area contributed by atoms with E-state index in [1.165, 1.54) is 11.3 Å². The summed E-state index contributed by atoms with van der Waals surface area (Å²) in [7, 11) is -3.69. The number of aromatic nitrogens is 1. The molecule has 1 unspecified atom stereocenters. The number of aryl methyl sites for hydroxylation is 1. The van der Waals surface area contributed by atoms with Gasteiger partial charge in [0.25, 0.3) is 5.92 Å². The fourth-order valence-corrected chi connectivity index (χ4v) is 4.42. The molecule has 1 aliphatic rings. The molecule has 1 aliphatic carbocycles. The predicted octanol–water partition coefficient (Wildman–Crippen LogP) is 2.31. The molecule has 0 aromatic carbocycles. The SMILES string of the molecule is Cc1cnc(CNS(=O)(=O)CC2CCCC2(F)F)s1. The minimum Gasteiger partial charge on any atom is -0.248 e. The van der Waals surface area contributed by atoms with E-state index in [4.69, 9.17) is 0 Å². The van der Waals surface area contributed by atoms with E-state index in [2.05, 4.69) is 9.71 Å². The van der Waals surface area contributed by atoms with Crippen LogP contribution in [0.5, 0.6) is 0 Å². The molecule has 2 rings (SSSR count). The minimum atomic E-state index is -3.69. The Morgan fingerprint density at radius 2 is 2.32 bits per heavy atom. The van der Waals surface area contributed by atoms with E-state index in [-0.39, 0.29) is 19.4 Å². The van der Waals surface area contributed by atoms with Crippen molar-refractivity contribution in [3.8, 4) is 0 Å². The highest BCUT2D eigenvalue weighted by Gasteiger charge is 2.45. The van der Waals surface area contributed by atoms with Gasteiger partial charge in [-0.2, -0.15) is 0 Å². The Balaban J connectivity index is 1.92. The van der Waals surface area contributed by atoms with E-state index in [9.17, 15) is 17.2 Å². The Morgan fingerprint density at radius 3 is 2.84 bits per heavy atom. The van der Waals surface area contributed by atoms with E-state index >= 15 is 0 Å². The van der Waals surface area contributed by atoms with Gasteiger partial charge in [-0.15, -0.1) is 11.3 Å². The lowest BCUT2D eigenvalue weighted by atomic mass is 10.1. The summed E-state index contributed by atoms with van der Waals surface area (Å²) in [4.78, 5) is 5.01. The van der Waals surface area contributed by atoms with Crippen LogP contribution in [0.4, 0.5) is 8.78 Å². The van der Waals surface area contributed by atoms with Gasteiger partial charge in [0.1, 0.15) is 5.01 Å². The monoisotopic (exact) mass is 310 g/mol. The van der Waals surface area contributed by atoms with Crippen LogP contribution in [0.25, 0.3) is 0 Å². The fourth-order valence-electron chi connectivity index (χ4n) is 2.18. The zero-order valence-corrected chi connectivity index (χ0v) is 12.2. The molecule has 1 aromatic rings. The first kappa shape index (κ1) is 14.8. The van der Waals surface area contributed by atoms with Crippen molar-refractivity contribution < 1.29 is 17.2 Å². The largest absolute Gasteiger partial charge is 0.251 e. The standard InChI is InChI=1S/C11H16F2N2O2S2/c1-8-5-14-10(18-8)6-15-19(16,17)7-9-3-2-4-11(9,12)13/h5,9,15H,2-4,6-7H2,1H3. The van der Waals surface area contributed by atoms with Gasteiger partial charge in [0.05, 0.1) is 12.3 Å². The van der Waals surface area contributed by atoms with Crippen molar-refractivity contribution in [2.24, 2.45) is 5.92 Å². The zero-order valence-electron chi connectivity index (χ0n) is 10.5. The highest BCUT2D eigenvalue weighted by atomic mass is 32.2. The van der Waals surface area contributed by atoms with E-state index in [0.29, 0.717) is 11.4 Å². The molecule has 108 valence electrons. The maximum Gasteiger partial charge on any atom is 0.251 e. The molecule has 0 bridgehead atoms. The van der Waals surface area contributed by atoms with Crippen LogP contribution in [-0.2, 0) is 16.6 Å². The van der Waals surface area contributed by atoms with Crippen LogP contribution in [0, 0.1) is 12.8 Å². The van der Waals surface area contributed by atoms with Crippen LogP contribution in [0.1, 0.15) is 29.1 Å². The summed E-state index contributed by atoms with van der Waals surface area (Å²) in [5, 5.41) is 0.638. The minimum absolute atomic E-state index is 0.0686. The van der Waals surface area contributed by atoms with Crippen molar-refractivity contribution in [2.45, 2.75) is 38.7 Å². The number of thiazole rings is 1. The molecule has 1 fully saturated rings. The number of halogens is 2. The Morgan fingerprint density at radius 1 is 1.58 bits per heavy atom. The highest BCUT2D eigenvalue weighted by Crippen LogP contribution is 2.40. The van der Waals surface area contributed by atoms with Gasteiger partial charge in [-0.25, -0.2) is 26.9 Å². The smallest absolute Gasteiger partial charge is 0.248 e. The van der Waals surface area contributed by atoms with Crippen LogP contribution in [-0.4, -0.2) is 25.1 Å². The Labute approximate surface area is 115 Å². The molecule has 1 heterocycles. The van der Waals surface area contributed by atoms with Gasteiger partial charge in [-0.05, 0) is 19.8 Å². The summed E-state index contributed by atoms with van der Waals surface area (Å²) >= 11 is 1.38. The molecule has 19 heavy (non-hydrogen) atoms. The topological polar surface area (TPSA) is 59.1 Å². The Bertz CT molecular complexity index is 543. The average molecular weight is 310 g/mol. The molecule has 0 spiro atoms. The molecule has 0 saturated heterocycles. The zero-order chi connectivity index (χ0) is 14.1. The summed E-state index contributed by atoms with van der Waals surface area (Å²) in [6.07, 6.45) is 2.10. The number of hydrogen-bond donors (Lipinski definition) is 1. The molecule has 0 radical (unpaired) electrons. The van der Waals surface area contributed by atoms with Crippen LogP contribution in [0.15, 0.2) is 6.20 Å². The fraction of sp³-hybridized carbons (Fsp3) is 0.727. The molecule has 1 aromatic heterocycles. The van der Waals surface area contributed by atoms with Gasteiger partial charge >= 0.3 is 0 Å². The van der Waals surface area contributed by atoms with Gasteiger partial charge in [-0.3, -0.25) is 0 Å². The average Bonchev–Trinajstić information content (AvgIpc) is 2.83. The number of nitrogens with zero attached hydrogens (tertiary/aromatic N) is 1. The van der Waals surface area contributed by atoms with Gasteiger partial charge in [0.2, 0.25) is 10.0 Å². The van der Waals surface area contributed by atoms with E-state index < -0.39 is 27.6 Å². The normalized spacial score (nSPS) is 22.8. The van der Waals surface area contributed by atoms with Crippen LogP contribution < -0.4 is 4.72 Å². The summed E-state index contributed by atoms with van der Waals surface area (Å²) in [6, 6.07) is 0. The number of alkyl halides is 2. The lowest BCUT2D eigenvalue weighted by Gasteiger charge is -2.18. The molecule has 4 nitrogen and oxygen atoms in total. The number of sulfonamides is 1. The molecule has 1 saturated carbocycles. The first-order valence-electron chi connectivity index (χ1n) is 6.05. The van der Waals surface area contributed by atoms with Crippen molar-refractivity contribution >= 4 is 21.4 Å². The summed E-state index contributed by atoms with van der Waals surface area (Å²) in [6.45, 7) is 1.94. The molecular formula is C11H16F2N2O2S2.